The number of carbonyl (C=O) groups excluding carboxylic acids is 1. The molecular formula is C20H22F2NO3P. The molecule has 2 N–H and O–H groups in total. The Morgan fingerprint density at radius 3 is 2.41 bits per heavy atom. The van der Waals surface area contributed by atoms with Crippen LogP contribution in [-0.4, -0.2) is 29.8 Å². The van der Waals surface area contributed by atoms with Crippen LogP contribution in [0, 0.1) is 0 Å². The number of benzene rings is 2. The van der Waals surface area contributed by atoms with Crippen LogP contribution < -0.4 is 10.1 Å². The SMILES string of the molecule is CC1CCC(=O)N1.COc1ccc2c(c1)C(O)(C(F)(F)P)c1ccccc1-2. The summed E-state index contributed by atoms with van der Waals surface area (Å²) in [7, 11) is 2.90. The van der Waals surface area contributed by atoms with Gasteiger partial charge in [0.2, 0.25) is 5.91 Å². The van der Waals surface area contributed by atoms with Gasteiger partial charge in [0.05, 0.1) is 7.11 Å². The summed E-state index contributed by atoms with van der Waals surface area (Å²) in [5, 5.41) is 13.5. The molecule has 4 rings (SSSR count). The minimum Gasteiger partial charge on any atom is -0.497 e. The summed E-state index contributed by atoms with van der Waals surface area (Å²) in [5.41, 5.74) is -4.15. The second-order valence-electron chi connectivity index (χ2n) is 6.80. The summed E-state index contributed by atoms with van der Waals surface area (Å²) < 4.78 is 33.2. The van der Waals surface area contributed by atoms with Crippen molar-refractivity contribution in [2.75, 3.05) is 7.11 Å². The first kappa shape index (κ1) is 19.7. The highest BCUT2D eigenvalue weighted by atomic mass is 31.0. The predicted molar refractivity (Wildman–Crippen MR) is 103 cm³/mol. The molecule has 2 aromatic carbocycles. The molecular weight excluding hydrogens is 371 g/mol. The molecule has 144 valence electrons. The molecule has 27 heavy (non-hydrogen) atoms. The van der Waals surface area contributed by atoms with Crippen molar-refractivity contribution in [3.8, 4) is 16.9 Å². The normalized spacial score (nSPS) is 23.0. The maximum Gasteiger partial charge on any atom is 0.295 e. The molecule has 4 nitrogen and oxygen atoms in total. The van der Waals surface area contributed by atoms with Crippen LogP contribution in [0.3, 0.4) is 0 Å². The molecule has 3 atom stereocenters. The number of rotatable bonds is 2. The summed E-state index contributed by atoms with van der Waals surface area (Å²) in [6.07, 6.45) is 1.74. The summed E-state index contributed by atoms with van der Waals surface area (Å²) in [5.74, 6) is 0.636. The number of aliphatic hydroxyl groups is 1. The van der Waals surface area contributed by atoms with Crippen molar-refractivity contribution in [3.05, 3.63) is 53.6 Å². The molecule has 2 aliphatic rings. The quantitative estimate of drug-likeness (QED) is 0.766. The van der Waals surface area contributed by atoms with Crippen LogP contribution >= 0.6 is 9.24 Å². The van der Waals surface area contributed by atoms with E-state index in [0.29, 0.717) is 22.9 Å². The molecule has 2 aromatic rings. The molecule has 1 saturated heterocycles. The van der Waals surface area contributed by atoms with E-state index in [9.17, 15) is 18.7 Å². The van der Waals surface area contributed by atoms with E-state index in [4.69, 9.17) is 4.74 Å². The number of amides is 1. The standard InChI is InChI=1S/C15H13F2O2P.C5H9NO/c1-19-9-6-7-11-10-4-2-3-5-12(10)14(18,13(11)8-9)15(16,17)20;1-4-2-3-5(7)6-4/h2-8,18H,20H2,1H3;4H,2-3H2,1H3,(H,6,7). The van der Waals surface area contributed by atoms with Crippen LogP contribution in [0.5, 0.6) is 5.75 Å². The third-order valence-electron chi connectivity index (χ3n) is 4.92. The third-order valence-corrected chi connectivity index (χ3v) is 5.34. The largest absolute Gasteiger partial charge is 0.497 e. The average molecular weight is 393 g/mol. The maximum atomic E-state index is 14.1. The minimum absolute atomic E-state index is 0.165. The van der Waals surface area contributed by atoms with Crippen molar-refractivity contribution in [3.63, 3.8) is 0 Å². The van der Waals surface area contributed by atoms with Gasteiger partial charge in [0.1, 0.15) is 5.75 Å². The number of alkyl halides is 2. The van der Waals surface area contributed by atoms with Crippen molar-refractivity contribution in [2.24, 2.45) is 0 Å². The van der Waals surface area contributed by atoms with Gasteiger partial charge in [-0.15, -0.1) is 0 Å². The van der Waals surface area contributed by atoms with E-state index in [2.05, 4.69) is 5.32 Å². The summed E-state index contributed by atoms with van der Waals surface area (Å²) in [4.78, 5) is 10.3. The molecule has 0 aromatic heterocycles. The molecule has 1 fully saturated rings. The van der Waals surface area contributed by atoms with E-state index in [0.717, 1.165) is 12.8 Å². The number of carbonyl (C=O) groups is 1. The molecule has 0 radical (unpaired) electrons. The summed E-state index contributed by atoms with van der Waals surface area (Å²) in [6, 6.07) is 11.9. The number of fused-ring (bicyclic) bond motifs is 3. The van der Waals surface area contributed by atoms with E-state index in [1.807, 2.05) is 6.92 Å². The fourth-order valence-electron chi connectivity index (χ4n) is 3.49. The van der Waals surface area contributed by atoms with Crippen molar-refractivity contribution < 1.29 is 23.4 Å². The highest BCUT2D eigenvalue weighted by Gasteiger charge is 2.56. The highest BCUT2D eigenvalue weighted by Crippen LogP contribution is 2.56. The van der Waals surface area contributed by atoms with Gasteiger partial charge >= 0.3 is 0 Å². The van der Waals surface area contributed by atoms with Crippen molar-refractivity contribution >= 4 is 15.1 Å². The van der Waals surface area contributed by atoms with Gasteiger partial charge in [-0.2, -0.15) is 8.78 Å². The van der Waals surface area contributed by atoms with Gasteiger partial charge in [-0.3, -0.25) is 4.79 Å². The van der Waals surface area contributed by atoms with Gasteiger partial charge in [-0.1, -0.05) is 39.6 Å². The number of hydrogen-bond acceptors (Lipinski definition) is 3. The lowest BCUT2D eigenvalue weighted by Gasteiger charge is -2.31. The smallest absolute Gasteiger partial charge is 0.295 e. The van der Waals surface area contributed by atoms with Crippen LogP contribution in [0.15, 0.2) is 42.5 Å². The Morgan fingerprint density at radius 2 is 1.89 bits per heavy atom. The molecule has 0 saturated carbocycles. The minimum atomic E-state index is -3.39. The van der Waals surface area contributed by atoms with Crippen LogP contribution in [0.1, 0.15) is 30.9 Å². The fourth-order valence-corrected chi connectivity index (χ4v) is 3.80. The molecule has 0 bridgehead atoms. The number of nitrogens with one attached hydrogen (secondary N) is 1. The van der Waals surface area contributed by atoms with Crippen molar-refractivity contribution in [1.82, 2.24) is 5.32 Å². The average Bonchev–Trinajstić information content (AvgIpc) is 3.14. The maximum absolute atomic E-state index is 14.1. The van der Waals surface area contributed by atoms with Gasteiger partial charge in [0, 0.05) is 23.6 Å². The van der Waals surface area contributed by atoms with Crippen molar-refractivity contribution in [2.45, 2.75) is 37.1 Å². The van der Waals surface area contributed by atoms with E-state index in [1.54, 1.807) is 30.3 Å². The zero-order valence-electron chi connectivity index (χ0n) is 15.1. The molecule has 1 amide bonds. The zero-order chi connectivity index (χ0) is 19.8. The Bertz CT molecular complexity index is 869. The molecule has 0 spiro atoms. The molecule has 3 unspecified atom stereocenters. The van der Waals surface area contributed by atoms with Crippen molar-refractivity contribution in [1.29, 1.82) is 0 Å². The Labute approximate surface area is 159 Å². The van der Waals surface area contributed by atoms with E-state index in [1.165, 1.54) is 28.5 Å². The summed E-state index contributed by atoms with van der Waals surface area (Å²) >= 11 is 0. The number of ether oxygens (including phenoxy) is 1. The van der Waals surface area contributed by atoms with E-state index < -0.39 is 11.3 Å². The monoisotopic (exact) mass is 393 g/mol. The highest BCUT2D eigenvalue weighted by molar-refractivity contribution is 7.18. The molecule has 7 heteroatoms. The van der Waals surface area contributed by atoms with Crippen LogP contribution in [0.4, 0.5) is 8.78 Å². The summed E-state index contributed by atoms with van der Waals surface area (Å²) in [6.45, 7) is 2.02. The number of hydrogen-bond donors (Lipinski definition) is 2. The second-order valence-corrected chi connectivity index (χ2v) is 7.52. The third kappa shape index (κ3) is 3.44. The molecule has 1 heterocycles. The van der Waals surface area contributed by atoms with E-state index >= 15 is 0 Å². The Kier molecular flexibility index (Phi) is 5.24. The van der Waals surface area contributed by atoms with Gasteiger partial charge in [0.25, 0.3) is 5.66 Å². The lowest BCUT2D eigenvalue weighted by atomic mass is 9.91. The first-order valence-electron chi connectivity index (χ1n) is 8.65. The van der Waals surface area contributed by atoms with Crippen LogP contribution in [0.25, 0.3) is 11.1 Å². The zero-order valence-corrected chi connectivity index (χ0v) is 16.3. The fraction of sp³-hybridized carbons (Fsp3) is 0.350. The second kappa shape index (κ2) is 7.17. The number of halogens is 2. The number of methoxy groups -OCH3 is 1. The van der Waals surface area contributed by atoms with Gasteiger partial charge in [-0.05, 0) is 36.6 Å². The predicted octanol–water partition coefficient (Wildman–Crippen LogP) is 3.66. The lowest BCUT2D eigenvalue weighted by Crippen LogP contribution is -2.40. The Morgan fingerprint density at radius 1 is 1.22 bits per heavy atom. The van der Waals surface area contributed by atoms with E-state index in [-0.39, 0.29) is 17.0 Å². The molecule has 1 aliphatic heterocycles. The first-order chi connectivity index (χ1) is 12.7. The Balaban J connectivity index is 0.000000253. The Hall–Kier alpha value is -2.04. The first-order valence-corrected chi connectivity index (χ1v) is 9.23. The topological polar surface area (TPSA) is 58.6 Å². The molecule has 1 aliphatic carbocycles. The lowest BCUT2D eigenvalue weighted by molar-refractivity contribution is -0.119. The van der Waals surface area contributed by atoms with Gasteiger partial charge in [0.15, 0.2) is 5.60 Å². The van der Waals surface area contributed by atoms with Gasteiger partial charge in [-0.25, -0.2) is 0 Å². The van der Waals surface area contributed by atoms with Gasteiger partial charge < -0.3 is 15.2 Å². The van der Waals surface area contributed by atoms with Crippen LogP contribution in [0.2, 0.25) is 0 Å². The van der Waals surface area contributed by atoms with Crippen LogP contribution in [-0.2, 0) is 10.4 Å².